The third-order valence-electron chi connectivity index (χ3n) is 1.50. The summed E-state index contributed by atoms with van der Waals surface area (Å²) in [5.74, 6) is -0.781. The first-order valence-electron chi connectivity index (χ1n) is 3.68. The first kappa shape index (κ1) is 14.4. The second-order valence-electron chi connectivity index (χ2n) is 2.57. The third kappa shape index (κ3) is 4.77. The van der Waals surface area contributed by atoms with Crippen molar-refractivity contribution in [2.24, 2.45) is 0 Å². The minimum absolute atomic E-state index is 0. The van der Waals surface area contributed by atoms with Crippen LogP contribution >= 0.6 is 11.6 Å². The Morgan fingerprint density at radius 3 is 2.79 bits per heavy atom. The van der Waals surface area contributed by atoms with Gasteiger partial charge in [0.25, 0.3) is 0 Å². The SMILES string of the molecule is Cc1ccc(Cl)cc1OCC(=O)[O-].[K+]. The zero-order chi connectivity index (χ0) is 9.84. The number of carbonyl (C=O) groups is 1. The Kier molecular flexibility index (Phi) is 7.02. The largest absolute Gasteiger partial charge is 1.00 e. The number of benzene rings is 1. The second-order valence-corrected chi connectivity index (χ2v) is 3.01. The van der Waals surface area contributed by atoms with Crippen LogP contribution in [0.2, 0.25) is 5.02 Å². The smallest absolute Gasteiger partial charge is 0.546 e. The van der Waals surface area contributed by atoms with Gasteiger partial charge in [-0.25, -0.2) is 0 Å². The van der Waals surface area contributed by atoms with Gasteiger partial charge in [-0.3, -0.25) is 0 Å². The topological polar surface area (TPSA) is 49.4 Å². The first-order chi connectivity index (χ1) is 6.09. The van der Waals surface area contributed by atoms with Crippen LogP contribution in [0.25, 0.3) is 0 Å². The number of carboxylic acids is 1. The van der Waals surface area contributed by atoms with Gasteiger partial charge in [0.2, 0.25) is 0 Å². The monoisotopic (exact) mass is 238 g/mol. The van der Waals surface area contributed by atoms with E-state index in [0.29, 0.717) is 10.8 Å². The molecule has 0 atom stereocenters. The van der Waals surface area contributed by atoms with E-state index in [1.165, 1.54) is 0 Å². The maximum Gasteiger partial charge on any atom is 1.00 e. The number of aryl methyl sites for hydroxylation is 1. The molecule has 0 aliphatic carbocycles. The fourth-order valence-electron chi connectivity index (χ4n) is 0.866. The number of carboxylic acid groups (broad SMARTS) is 1. The van der Waals surface area contributed by atoms with Crippen LogP contribution in [-0.2, 0) is 4.79 Å². The number of ether oxygens (including phenoxy) is 1. The summed E-state index contributed by atoms with van der Waals surface area (Å²) in [6, 6.07) is 5.04. The van der Waals surface area contributed by atoms with Crippen LogP contribution in [0.5, 0.6) is 5.75 Å². The zero-order valence-electron chi connectivity index (χ0n) is 8.04. The molecule has 0 N–H and O–H groups in total. The molecule has 0 radical (unpaired) electrons. The number of aliphatic carboxylic acids is 1. The van der Waals surface area contributed by atoms with Crippen LogP contribution in [0.1, 0.15) is 5.56 Å². The quantitative estimate of drug-likeness (QED) is 0.561. The van der Waals surface area contributed by atoms with E-state index in [1.54, 1.807) is 25.1 Å². The molecule has 0 bridgehead atoms. The first-order valence-corrected chi connectivity index (χ1v) is 4.06. The van der Waals surface area contributed by atoms with E-state index in [9.17, 15) is 9.90 Å². The summed E-state index contributed by atoms with van der Waals surface area (Å²) < 4.78 is 4.93. The minimum Gasteiger partial charge on any atom is -0.546 e. The molecule has 0 saturated carbocycles. The van der Waals surface area contributed by atoms with Crippen LogP contribution in [0.15, 0.2) is 18.2 Å². The molecule has 0 heterocycles. The molecule has 0 spiro atoms. The molecule has 0 amide bonds. The molecule has 0 fully saturated rings. The number of hydrogen-bond acceptors (Lipinski definition) is 3. The van der Waals surface area contributed by atoms with Gasteiger partial charge in [-0.15, -0.1) is 0 Å². The second kappa shape index (κ2) is 6.82. The number of hydrogen-bond donors (Lipinski definition) is 0. The van der Waals surface area contributed by atoms with E-state index in [4.69, 9.17) is 16.3 Å². The van der Waals surface area contributed by atoms with Gasteiger partial charge in [0.05, 0.1) is 5.97 Å². The Morgan fingerprint density at radius 1 is 1.57 bits per heavy atom. The number of halogens is 1. The van der Waals surface area contributed by atoms with E-state index in [0.717, 1.165) is 5.56 Å². The molecule has 5 heteroatoms. The van der Waals surface area contributed by atoms with Gasteiger partial charge >= 0.3 is 51.4 Å². The summed E-state index contributed by atoms with van der Waals surface area (Å²) in [6.45, 7) is 1.35. The summed E-state index contributed by atoms with van der Waals surface area (Å²) in [4.78, 5) is 10.1. The van der Waals surface area contributed by atoms with Crippen LogP contribution < -0.4 is 61.2 Å². The van der Waals surface area contributed by atoms with E-state index in [1.807, 2.05) is 0 Å². The molecule has 0 aromatic heterocycles. The van der Waals surface area contributed by atoms with E-state index in [-0.39, 0.29) is 51.4 Å². The average molecular weight is 239 g/mol. The fourth-order valence-corrected chi connectivity index (χ4v) is 1.03. The van der Waals surface area contributed by atoms with Crippen molar-refractivity contribution in [3.63, 3.8) is 0 Å². The van der Waals surface area contributed by atoms with Gasteiger partial charge in [0.15, 0.2) is 0 Å². The van der Waals surface area contributed by atoms with Crippen molar-refractivity contribution >= 4 is 17.6 Å². The average Bonchev–Trinajstić information content (AvgIpc) is 2.06. The predicted octanol–water partition coefficient (Wildman–Crippen LogP) is -2.22. The van der Waals surface area contributed by atoms with Gasteiger partial charge < -0.3 is 14.6 Å². The van der Waals surface area contributed by atoms with Crippen molar-refractivity contribution in [2.45, 2.75) is 6.92 Å². The van der Waals surface area contributed by atoms with Crippen molar-refractivity contribution in [2.75, 3.05) is 6.61 Å². The molecule has 1 aromatic rings. The maximum absolute atomic E-state index is 10.1. The molecule has 0 aliphatic heterocycles. The fraction of sp³-hybridized carbons (Fsp3) is 0.222. The van der Waals surface area contributed by atoms with Crippen LogP contribution in [-0.4, -0.2) is 12.6 Å². The summed E-state index contributed by atoms with van der Waals surface area (Å²) in [7, 11) is 0. The van der Waals surface area contributed by atoms with Gasteiger partial charge in [-0.2, -0.15) is 0 Å². The molecule has 0 unspecified atom stereocenters. The Hall–Kier alpha value is 0.416. The molecule has 0 aliphatic rings. The van der Waals surface area contributed by atoms with Crippen molar-refractivity contribution in [3.8, 4) is 5.75 Å². The maximum atomic E-state index is 10.1. The molecular weight excluding hydrogens is 231 g/mol. The standard InChI is InChI=1S/C9H9ClO3.K/c1-6-2-3-7(10)4-8(6)13-5-9(11)12;/h2-4H,5H2,1H3,(H,11,12);/q;+1/p-1. The molecular formula is C9H8ClKO3. The summed E-state index contributed by atoms with van der Waals surface area (Å²) in [5.41, 5.74) is 0.839. The summed E-state index contributed by atoms with van der Waals surface area (Å²) >= 11 is 5.69. The number of carbonyl (C=O) groups excluding carboxylic acids is 1. The predicted molar refractivity (Wildman–Crippen MR) is 46.7 cm³/mol. The van der Waals surface area contributed by atoms with E-state index < -0.39 is 12.6 Å². The van der Waals surface area contributed by atoms with Crippen molar-refractivity contribution in [1.29, 1.82) is 0 Å². The molecule has 0 saturated heterocycles. The molecule has 70 valence electrons. The summed E-state index contributed by atoms with van der Waals surface area (Å²) in [6.07, 6.45) is 0. The van der Waals surface area contributed by atoms with Gasteiger partial charge in [0.1, 0.15) is 12.4 Å². The molecule has 3 nitrogen and oxygen atoms in total. The minimum atomic E-state index is -1.25. The van der Waals surface area contributed by atoms with Crippen molar-refractivity contribution < 1.29 is 66.0 Å². The van der Waals surface area contributed by atoms with E-state index in [2.05, 4.69) is 0 Å². The third-order valence-corrected chi connectivity index (χ3v) is 1.73. The van der Waals surface area contributed by atoms with Crippen molar-refractivity contribution in [3.05, 3.63) is 28.8 Å². The van der Waals surface area contributed by atoms with Crippen LogP contribution in [0, 0.1) is 6.92 Å². The van der Waals surface area contributed by atoms with Gasteiger partial charge in [-0.1, -0.05) is 17.7 Å². The van der Waals surface area contributed by atoms with Gasteiger partial charge in [0, 0.05) is 5.02 Å². The summed E-state index contributed by atoms with van der Waals surface area (Å²) in [5, 5.41) is 10.6. The van der Waals surface area contributed by atoms with Crippen LogP contribution in [0.3, 0.4) is 0 Å². The number of rotatable bonds is 3. The Balaban J connectivity index is 0.00000169. The van der Waals surface area contributed by atoms with Crippen LogP contribution in [0.4, 0.5) is 0 Å². The molecule has 1 rings (SSSR count). The Bertz CT molecular complexity index is 328. The Morgan fingerprint density at radius 2 is 2.21 bits per heavy atom. The van der Waals surface area contributed by atoms with E-state index >= 15 is 0 Å². The molecule has 14 heavy (non-hydrogen) atoms. The zero-order valence-corrected chi connectivity index (χ0v) is 11.9. The normalized spacial score (nSPS) is 9.00. The Labute approximate surface area is 130 Å². The van der Waals surface area contributed by atoms with Crippen molar-refractivity contribution in [1.82, 2.24) is 0 Å². The molecule has 1 aromatic carbocycles. The van der Waals surface area contributed by atoms with Gasteiger partial charge in [-0.05, 0) is 24.6 Å².